The van der Waals surface area contributed by atoms with Gasteiger partial charge in [0.15, 0.2) is 0 Å². The van der Waals surface area contributed by atoms with Crippen molar-refractivity contribution in [3.8, 4) is 0 Å². The Labute approximate surface area is 106 Å². The molecule has 0 aromatic carbocycles. The molecule has 0 N–H and O–H groups in total. The Kier molecular flexibility index (Phi) is 3.45. The molecule has 0 amide bonds. The molecule has 0 saturated carbocycles. The highest BCUT2D eigenvalue weighted by atomic mass is 19.3. The molecule has 0 atom stereocenters. The highest BCUT2D eigenvalue weighted by molar-refractivity contribution is 6.09. The highest BCUT2D eigenvalue weighted by Gasteiger charge is 2.31. The van der Waals surface area contributed by atoms with Crippen LogP contribution in [0.15, 0.2) is 53.8 Å². The van der Waals surface area contributed by atoms with Gasteiger partial charge in [-0.05, 0) is 24.1 Å². The monoisotopic (exact) mass is 250 g/mol. The lowest BCUT2D eigenvalue weighted by Crippen LogP contribution is -2.24. The molecule has 2 aliphatic rings. The molecular formula is C14H16F2N2. The average molecular weight is 250 g/mol. The van der Waals surface area contributed by atoms with Gasteiger partial charge in [-0.25, -0.2) is 8.78 Å². The van der Waals surface area contributed by atoms with Gasteiger partial charge in [0.05, 0.1) is 18.0 Å². The summed E-state index contributed by atoms with van der Waals surface area (Å²) >= 11 is 0. The molecule has 1 aliphatic heterocycles. The van der Waals surface area contributed by atoms with E-state index in [0.29, 0.717) is 13.0 Å². The fraction of sp³-hybridized carbons (Fsp3) is 0.357. The van der Waals surface area contributed by atoms with Crippen LogP contribution in [0.4, 0.5) is 8.78 Å². The number of halogens is 2. The summed E-state index contributed by atoms with van der Waals surface area (Å²) in [7, 11) is 0. The Morgan fingerprint density at radius 2 is 2.22 bits per heavy atom. The van der Waals surface area contributed by atoms with Crippen molar-refractivity contribution in [1.29, 1.82) is 0 Å². The summed E-state index contributed by atoms with van der Waals surface area (Å²) in [5.74, 6) is -2.56. The first-order chi connectivity index (χ1) is 8.52. The summed E-state index contributed by atoms with van der Waals surface area (Å²) in [6, 6.07) is 0. The fourth-order valence-electron chi connectivity index (χ4n) is 1.97. The maximum atomic E-state index is 13.1. The lowest BCUT2D eigenvalue weighted by atomic mass is 9.93. The first kappa shape index (κ1) is 12.7. The highest BCUT2D eigenvalue weighted by Crippen LogP contribution is 2.33. The second-order valence-corrected chi connectivity index (χ2v) is 4.47. The molecule has 0 fully saturated rings. The van der Waals surface area contributed by atoms with Gasteiger partial charge >= 0.3 is 0 Å². The van der Waals surface area contributed by atoms with E-state index in [0.717, 1.165) is 17.0 Å². The Morgan fingerprint density at radius 1 is 1.44 bits per heavy atom. The lowest BCUT2D eigenvalue weighted by Gasteiger charge is -2.26. The van der Waals surface area contributed by atoms with Gasteiger partial charge in [0, 0.05) is 12.8 Å². The minimum Gasteiger partial charge on any atom is -0.262 e. The van der Waals surface area contributed by atoms with E-state index >= 15 is 0 Å². The first-order valence-corrected chi connectivity index (χ1v) is 5.93. The molecule has 1 aliphatic carbocycles. The van der Waals surface area contributed by atoms with Crippen LogP contribution in [0.1, 0.15) is 19.3 Å². The van der Waals surface area contributed by atoms with Crippen LogP contribution in [0.2, 0.25) is 0 Å². The molecule has 0 radical (unpaired) electrons. The first-order valence-electron chi connectivity index (χ1n) is 5.93. The van der Waals surface area contributed by atoms with Crippen molar-refractivity contribution in [2.45, 2.75) is 25.2 Å². The van der Waals surface area contributed by atoms with Crippen molar-refractivity contribution in [3.63, 3.8) is 0 Å². The van der Waals surface area contributed by atoms with E-state index in [1.54, 1.807) is 17.2 Å². The van der Waals surface area contributed by atoms with Gasteiger partial charge in [0.25, 0.3) is 5.92 Å². The molecule has 0 bridgehead atoms. The van der Waals surface area contributed by atoms with Crippen LogP contribution in [-0.2, 0) is 0 Å². The van der Waals surface area contributed by atoms with Gasteiger partial charge in [-0.1, -0.05) is 18.7 Å². The van der Waals surface area contributed by atoms with Crippen LogP contribution in [0.25, 0.3) is 0 Å². The molecule has 0 saturated heterocycles. The minimum absolute atomic E-state index is 0.103. The predicted molar refractivity (Wildman–Crippen MR) is 69.5 cm³/mol. The largest absolute Gasteiger partial charge is 0.262 e. The fourth-order valence-corrected chi connectivity index (χ4v) is 1.97. The van der Waals surface area contributed by atoms with Gasteiger partial charge in [-0.2, -0.15) is 5.10 Å². The summed E-state index contributed by atoms with van der Waals surface area (Å²) in [6.07, 6.45) is 7.06. The van der Waals surface area contributed by atoms with Crippen molar-refractivity contribution >= 4 is 5.71 Å². The molecule has 96 valence electrons. The second kappa shape index (κ2) is 4.88. The normalized spacial score (nSPS) is 22.6. The number of hydrazone groups is 1. The number of hydrogen-bond donors (Lipinski definition) is 0. The van der Waals surface area contributed by atoms with E-state index in [9.17, 15) is 8.78 Å². The summed E-state index contributed by atoms with van der Waals surface area (Å²) < 4.78 is 26.1. The predicted octanol–water partition coefficient (Wildman–Crippen LogP) is 3.66. The van der Waals surface area contributed by atoms with Gasteiger partial charge < -0.3 is 0 Å². The molecule has 18 heavy (non-hydrogen) atoms. The quantitative estimate of drug-likeness (QED) is 0.698. The van der Waals surface area contributed by atoms with Crippen molar-refractivity contribution in [3.05, 3.63) is 48.7 Å². The van der Waals surface area contributed by atoms with E-state index in [1.165, 1.54) is 0 Å². The van der Waals surface area contributed by atoms with E-state index in [2.05, 4.69) is 18.3 Å². The maximum absolute atomic E-state index is 13.1. The number of alkyl halides is 2. The molecule has 1 heterocycles. The number of rotatable bonds is 3. The van der Waals surface area contributed by atoms with Crippen molar-refractivity contribution in [1.82, 2.24) is 5.01 Å². The Bertz CT molecular complexity index is 458. The Morgan fingerprint density at radius 3 is 2.83 bits per heavy atom. The van der Waals surface area contributed by atoms with E-state index in [4.69, 9.17) is 0 Å². The lowest BCUT2D eigenvalue weighted by molar-refractivity contribution is -0.00793. The van der Waals surface area contributed by atoms with Gasteiger partial charge in [-0.3, -0.25) is 5.01 Å². The number of nitrogens with zero attached hydrogens (tertiary/aromatic N) is 2. The molecule has 0 aromatic heterocycles. The molecular weight excluding hydrogens is 234 g/mol. The molecule has 0 aromatic rings. The van der Waals surface area contributed by atoms with Crippen molar-refractivity contribution in [2.24, 2.45) is 5.10 Å². The zero-order valence-electron chi connectivity index (χ0n) is 10.2. The van der Waals surface area contributed by atoms with Crippen LogP contribution in [0, 0.1) is 0 Å². The number of allylic oxidation sites excluding steroid dienone is 4. The summed E-state index contributed by atoms with van der Waals surface area (Å²) in [5, 5.41) is 6.12. The Hall–Kier alpha value is -1.71. The second-order valence-electron chi connectivity index (χ2n) is 4.47. The molecule has 4 heteroatoms. The molecule has 2 rings (SSSR count). The SMILES string of the molecule is C=CCN1N=C(C2=CCC(F)(F)CC2)C=CC1=C. The average Bonchev–Trinajstić information content (AvgIpc) is 2.32. The molecule has 0 spiro atoms. The topological polar surface area (TPSA) is 15.6 Å². The molecule has 2 nitrogen and oxygen atoms in total. The maximum Gasteiger partial charge on any atom is 0.251 e. The third-order valence-electron chi connectivity index (χ3n) is 3.03. The van der Waals surface area contributed by atoms with Crippen LogP contribution in [-0.4, -0.2) is 23.2 Å². The zero-order valence-corrected chi connectivity index (χ0v) is 10.2. The number of hydrogen-bond acceptors (Lipinski definition) is 2. The van der Waals surface area contributed by atoms with Crippen LogP contribution in [0.3, 0.4) is 0 Å². The van der Waals surface area contributed by atoms with Crippen molar-refractivity contribution in [2.75, 3.05) is 6.54 Å². The van der Waals surface area contributed by atoms with E-state index in [1.807, 2.05) is 12.2 Å². The smallest absolute Gasteiger partial charge is 0.251 e. The standard InChI is InChI=1S/C14H16F2N2/c1-3-10-18-11(2)4-5-13(17-18)12-6-8-14(15,16)9-7-12/h3-6H,1-2,7-10H2. The van der Waals surface area contributed by atoms with Crippen LogP contribution >= 0.6 is 0 Å². The van der Waals surface area contributed by atoms with E-state index in [-0.39, 0.29) is 12.8 Å². The zero-order chi connectivity index (χ0) is 13.2. The summed E-state index contributed by atoms with van der Waals surface area (Å²) in [6.45, 7) is 8.08. The van der Waals surface area contributed by atoms with Gasteiger partial charge in [-0.15, -0.1) is 6.58 Å². The third kappa shape index (κ3) is 2.75. The van der Waals surface area contributed by atoms with Gasteiger partial charge in [0.2, 0.25) is 0 Å². The molecule has 0 unspecified atom stereocenters. The van der Waals surface area contributed by atoms with Gasteiger partial charge in [0.1, 0.15) is 0 Å². The van der Waals surface area contributed by atoms with Crippen LogP contribution < -0.4 is 0 Å². The Balaban J connectivity index is 2.17. The van der Waals surface area contributed by atoms with Crippen LogP contribution in [0.5, 0.6) is 0 Å². The minimum atomic E-state index is -2.56. The van der Waals surface area contributed by atoms with Crippen molar-refractivity contribution < 1.29 is 8.78 Å². The van der Waals surface area contributed by atoms with E-state index < -0.39 is 5.92 Å². The summed E-state index contributed by atoms with van der Waals surface area (Å²) in [5.41, 5.74) is 2.42. The summed E-state index contributed by atoms with van der Waals surface area (Å²) in [4.78, 5) is 0. The third-order valence-corrected chi connectivity index (χ3v) is 3.03.